The van der Waals surface area contributed by atoms with Crippen LogP contribution in [0.4, 0.5) is 5.82 Å². The molecule has 2 saturated heterocycles. The van der Waals surface area contributed by atoms with Crippen molar-refractivity contribution in [3.05, 3.63) is 17.6 Å². The summed E-state index contributed by atoms with van der Waals surface area (Å²) in [6.45, 7) is 6.45. The van der Waals surface area contributed by atoms with Gasteiger partial charge < -0.3 is 14.7 Å². The fourth-order valence-electron chi connectivity index (χ4n) is 3.56. The van der Waals surface area contributed by atoms with Gasteiger partial charge in [-0.15, -0.1) is 0 Å². The van der Waals surface area contributed by atoms with Crippen LogP contribution >= 0.6 is 0 Å². The number of aromatic nitrogens is 2. The third-order valence-electron chi connectivity index (χ3n) is 4.65. The first kappa shape index (κ1) is 14.7. The standard InChI is InChI=1S/C16H25N3O2/c1-3-15-17-11(2)9-16(18-15)19-7-4-5-13(19)12-10-21-8-6-14(12)20/h9,12-14,20H,3-8,10H2,1-2H3/t12-,13+,14-/m0/s1. The van der Waals surface area contributed by atoms with Gasteiger partial charge in [-0.2, -0.15) is 0 Å². The van der Waals surface area contributed by atoms with Crippen LogP contribution in [0.3, 0.4) is 0 Å². The molecule has 0 amide bonds. The maximum atomic E-state index is 10.3. The highest BCUT2D eigenvalue weighted by Crippen LogP contribution is 2.32. The van der Waals surface area contributed by atoms with Gasteiger partial charge in [0.05, 0.1) is 12.7 Å². The number of aliphatic hydroxyl groups excluding tert-OH is 1. The highest BCUT2D eigenvalue weighted by molar-refractivity contribution is 5.42. The van der Waals surface area contributed by atoms with Gasteiger partial charge in [-0.1, -0.05) is 6.92 Å². The average Bonchev–Trinajstić information content (AvgIpc) is 2.96. The lowest BCUT2D eigenvalue weighted by Crippen LogP contribution is -2.46. The molecule has 3 rings (SSSR count). The molecule has 1 aromatic rings. The number of hydrogen-bond donors (Lipinski definition) is 1. The summed E-state index contributed by atoms with van der Waals surface area (Å²) in [4.78, 5) is 11.5. The topological polar surface area (TPSA) is 58.5 Å². The zero-order valence-electron chi connectivity index (χ0n) is 13.0. The summed E-state index contributed by atoms with van der Waals surface area (Å²) in [5.41, 5.74) is 1.02. The number of nitrogens with zero attached hydrogens (tertiary/aromatic N) is 3. The molecule has 21 heavy (non-hydrogen) atoms. The van der Waals surface area contributed by atoms with E-state index >= 15 is 0 Å². The van der Waals surface area contributed by atoms with Crippen molar-refractivity contribution in [2.24, 2.45) is 5.92 Å². The molecule has 1 N–H and O–H groups in total. The van der Waals surface area contributed by atoms with Gasteiger partial charge in [0.1, 0.15) is 11.6 Å². The molecule has 0 unspecified atom stereocenters. The lowest BCUT2D eigenvalue weighted by atomic mass is 9.89. The molecule has 0 saturated carbocycles. The lowest BCUT2D eigenvalue weighted by Gasteiger charge is -2.37. The molecule has 2 aliphatic rings. The Balaban J connectivity index is 1.84. The molecule has 1 aromatic heterocycles. The fourth-order valence-corrected chi connectivity index (χ4v) is 3.56. The van der Waals surface area contributed by atoms with Gasteiger partial charge in [0.15, 0.2) is 0 Å². The first-order valence-electron chi connectivity index (χ1n) is 8.06. The van der Waals surface area contributed by atoms with Gasteiger partial charge in [-0.05, 0) is 26.2 Å². The molecule has 5 nitrogen and oxygen atoms in total. The van der Waals surface area contributed by atoms with Crippen LogP contribution in [0.15, 0.2) is 6.07 Å². The molecule has 2 aliphatic heterocycles. The summed E-state index contributed by atoms with van der Waals surface area (Å²) in [7, 11) is 0. The van der Waals surface area contributed by atoms with E-state index in [9.17, 15) is 5.11 Å². The highest BCUT2D eigenvalue weighted by atomic mass is 16.5. The van der Waals surface area contributed by atoms with Crippen molar-refractivity contribution in [1.82, 2.24) is 9.97 Å². The van der Waals surface area contributed by atoms with E-state index in [1.807, 2.05) is 6.92 Å². The molecule has 0 aliphatic carbocycles. The minimum atomic E-state index is -0.252. The van der Waals surface area contributed by atoms with Crippen LogP contribution < -0.4 is 4.90 Å². The SMILES string of the molecule is CCc1nc(C)cc(N2CCC[C@@H]2[C@@H]2COCC[C@@H]2O)n1. The molecule has 0 aromatic carbocycles. The second-order valence-electron chi connectivity index (χ2n) is 6.14. The number of aryl methyl sites for hydroxylation is 2. The normalized spacial score (nSPS) is 29.9. The predicted octanol–water partition coefficient (Wildman–Crippen LogP) is 1.71. The molecular formula is C16H25N3O2. The molecule has 3 heterocycles. The summed E-state index contributed by atoms with van der Waals surface area (Å²) in [6, 6.07) is 2.40. The van der Waals surface area contributed by atoms with Crippen molar-refractivity contribution in [1.29, 1.82) is 0 Å². The smallest absolute Gasteiger partial charge is 0.132 e. The molecular weight excluding hydrogens is 266 g/mol. The lowest BCUT2D eigenvalue weighted by molar-refractivity contribution is -0.0438. The van der Waals surface area contributed by atoms with E-state index < -0.39 is 0 Å². The van der Waals surface area contributed by atoms with E-state index in [0.29, 0.717) is 19.3 Å². The van der Waals surface area contributed by atoms with Gasteiger partial charge >= 0.3 is 0 Å². The first-order valence-corrected chi connectivity index (χ1v) is 8.06. The molecule has 0 radical (unpaired) electrons. The van der Waals surface area contributed by atoms with E-state index in [-0.39, 0.29) is 12.0 Å². The van der Waals surface area contributed by atoms with Crippen LogP contribution in [-0.4, -0.2) is 47.0 Å². The highest BCUT2D eigenvalue weighted by Gasteiger charge is 2.38. The third kappa shape index (κ3) is 3.04. The Hall–Kier alpha value is -1.20. The van der Waals surface area contributed by atoms with Crippen LogP contribution in [-0.2, 0) is 11.2 Å². The Morgan fingerprint density at radius 3 is 3.00 bits per heavy atom. The van der Waals surface area contributed by atoms with Crippen LogP contribution in [0, 0.1) is 12.8 Å². The predicted molar refractivity (Wildman–Crippen MR) is 81.4 cm³/mol. The first-order chi connectivity index (χ1) is 10.2. The second kappa shape index (κ2) is 6.28. The summed E-state index contributed by atoms with van der Waals surface area (Å²) in [5.74, 6) is 2.11. The maximum absolute atomic E-state index is 10.3. The van der Waals surface area contributed by atoms with Crippen molar-refractivity contribution in [3.8, 4) is 0 Å². The number of anilines is 1. The largest absolute Gasteiger partial charge is 0.393 e. The van der Waals surface area contributed by atoms with Crippen molar-refractivity contribution in [2.45, 2.75) is 51.7 Å². The van der Waals surface area contributed by atoms with Gasteiger partial charge in [0.25, 0.3) is 0 Å². The Morgan fingerprint density at radius 1 is 1.38 bits per heavy atom. The number of aliphatic hydroxyl groups is 1. The molecule has 0 bridgehead atoms. The summed E-state index contributed by atoms with van der Waals surface area (Å²) in [5, 5.41) is 10.3. The zero-order chi connectivity index (χ0) is 14.8. The zero-order valence-corrected chi connectivity index (χ0v) is 13.0. The number of rotatable bonds is 3. The van der Waals surface area contributed by atoms with Crippen LogP contribution in [0.1, 0.15) is 37.7 Å². The van der Waals surface area contributed by atoms with E-state index in [4.69, 9.17) is 9.72 Å². The summed E-state index contributed by atoms with van der Waals surface area (Å²) >= 11 is 0. The van der Waals surface area contributed by atoms with Gasteiger partial charge in [-0.3, -0.25) is 0 Å². The molecule has 3 atom stereocenters. The summed E-state index contributed by atoms with van der Waals surface area (Å²) in [6.07, 6.45) is 3.60. The van der Waals surface area contributed by atoms with E-state index in [1.54, 1.807) is 0 Å². The monoisotopic (exact) mass is 291 g/mol. The van der Waals surface area contributed by atoms with E-state index in [2.05, 4.69) is 22.9 Å². The van der Waals surface area contributed by atoms with Crippen LogP contribution in [0.2, 0.25) is 0 Å². The van der Waals surface area contributed by atoms with Crippen molar-refractivity contribution in [3.63, 3.8) is 0 Å². The van der Waals surface area contributed by atoms with Crippen molar-refractivity contribution < 1.29 is 9.84 Å². The maximum Gasteiger partial charge on any atom is 0.132 e. The van der Waals surface area contributed by atoms with Gasteiger partial charge in [0.2, 0.25) is 0 Å². The van der Waals surface area contributed by atoms with E-state index in [1.165, 1.54) is 0 Å². The number of hydrogen-bond acceptors (Lipinski definition) is 5. The Kier molecular flexibility index (Phi) is 4.40. The molecule has 5 heteroatoms. The number of ether oxygens (including phenoxy) is 1. The fraction of sp³-hybridized carbons (Fsp3) is 0.750. The molecule has 116 valence electrons. The Bertz CT molecular complexity index is 494. The Morgan fingerprint density at radius 2 is 2.24 bits per heavy atom. The molecule has 0 spiro atoms. The second-order valence-corrected chi connectivity index (χ2v) is 6.14. The van der Waals surface area contributed by atoms with Crippen LogP contribution in [0.25, 0.3) is 0 Å². The minimum absolute atomic E-state index is 0.196. The molecule has 2 fully saturated rings. The van der Waals surface area contributed by atoms with Crippen LogP contribution in [0.5, 0.6) is 0 Å². The van der Waals surface area contributed by atoms with Gasteiger partial charge in [0, 0.05) is 43.3 Å². The summed E-state index contributed by atoms with van der Waals surface area (Å²) < 4.78 is 5.60. The van der Waals surface area contributed by atoms with Crippen molar-refractivity contribution in [2.75, 3.05) is 24.7 Å². The Labute approximate surface area is 126 Å². The van der Waals surface area contributed by atoms with Crippen molar-refractivity contribution >= 4 is 5.82 Å². The minimum Gasteiger partial charge on any atom is -0.393 e. The van der Waals surface area contributed by atoms with E-state index in [0.717, 1.165) is 49.6 Å². The average molecular weight is 291 g/mol. The van der Waals surface area contributed by atoms with Gasteiger partial charge in [-0.25, -0.2) is 9.97 Å². The quantitative estimate of drug-likeness (QED) is 0.919. The third-order valence-corrected chi connectivity index (χ3v) is 4.65.